The molecule has 4 nitrogen and oxygen atoms in total. The molecule has 3 aromatic carbocycles. The van der Waals surface area contributed by atoms with E-state index in [1.165, 1.54) is 24.3 Å². The zero-order valence-corrected chi connectivity index (χ0v) is 13.9. The van der Waals surface area contributed by atoms with Gasteiger partial charge in [0.15, 0.2) is 23.0 Å². The number of hydrogen-bond donors (Lipinski definition) is 4. The molecule has 0 fully saturated rings. The molecule has 0 radical (unpaired) electrons. The molecule has 26 heavy (non-hydrogen) atoms. The standard InChI is InChI=1S/C22H18O4/c23-19-11-9-17(13-21(19)25)7-5-15-1-2-16(4-3-15)6-8-18-10-12-20(24)22(26)14-18/h1-14,23-26H. The number of phenols is 4. The lowest BCUT2D eigenvalue weighted by Crippen LogP contribution is -1.77. The van der Waals surface area contributed by atoms with Crippen molar-refractivity contribution in [2.24, 2.45) is 0 Å². The van der Waals surface area contributed by atoms with Crippen LogP contribution in [0.5, 0.6) is 23.0 Å². The fourth-order valence-electron chi connectivity index (χ4n) is 2.39. The van der Waals surface area contributed by atoms with Gasteiger partial charge in [0.2, 0.25) is 0 Å². The molecule has 0 unspecified atom stereocenters. The molecule has 0 bridgehead atoms. The van der Waals surface area contributed by atoms with Crippen LogP contribution in [0.15, 0.2) is 60.7 Å². The van der Waals surface area contributed by atoms with E-state index in [0.29, 0.717) is 0 Å². The van der Waals surface area contributed by atoms with E-state index >= 15 is 0 Å². The lowest BCUT2D eigenvalue weighted by molar-refractivity contribution is 0.403. The molecule has 0 saturated carbocycles. The van der Waals surface area contributed by atoms with Crippen LogP contribution >= 0.6 is 0 Å². The van der Waals surface area contributed by atoms with Crippen molar-refractivity contribution in [3.05, 3.63) is 82.9 Å². The monoisotopic (exact) mass is 346 g/mol. The summed E-state index contributed by atoms with van der Waals surface area (Å²) in [6.07, 6.45) is 7.53. The van der Waals surface area contributed by atoms with Gasteiger partial charge in [0, 0.05) is 0 Å². The Morgan fingerprint density at radius 3 is 1.04 bits per heavy atom. The highest BCUT2D eigenvalue weighted by Gasteiger charge is 1.99. The summed E-state index contributed by atoms with van der Waals surface area (Å²) < 4.78 is 0. The zero-order chi connectivity index (χ0) is 18.5. The van der Waals surface area contributed by atoms with Gasteiger partial charge >= 0.3 is 0 Å². The first kappa shape index (κ1) is 17.2. The third kappa shape index (κ3) is 4.24. The van der Waals surface area contributed by atoms with Crippen molar-refractivity contribution >= 4 is 24.3 Å². The maximum Gasteiger partial charge on any atom is 0.157 e. The van der Waals surface area contributed by atoms with E-state index in [4.69, 9.17) is 0 Å². The molecule has 0 amide bonds. The summed E-state index contributed by atoms with van der Waals surface area (Å²) in [5.41, 5.74) is 3.57. The smallest absolute Gasteiger partial charge is 0.157 e. The van der Waals surface area contributed by atoms with Crippen LogP contribution in [0.4, 0.5) is 0 Å². The van der Waals surface area contributed by atoms with Crippen LogP contribution in [-0.4, -0.2) is 20.4 Å². The summed E-state index contributed by atoms with van der Waals surface area (Å²) in [5.74, 6) is -0.568. The predicted molar refractivity (Wildman–Crippen MR) is 104 cm³/mol. The summed E-state index contributed by atoms with van der Waals surface area (Å²) in [7, 11) is 0. The zero-order valence-electron chi connectivity index (χ0n) is 13.9. The van der Waals surface area contributed by atoms with Gasteiger partial charge in [0.1, 0.15) is 0 Å². The van der Waals surface area contributed by atoms with Gasteiger partial charge in [-0.15, -0.1) is 0 Å². The molecule has 0 heterocycles. The minimum absolute atomic E-state index is 0.139. The van der Waals surface area contributed by atoms with Crippen molar-refractivity contribution in [3.63, 3.8) is 0 Å². The summed E-state index contributed by atoms with van der Waals surface area (Å²) in [6, 6.07) is 17.2. The molecular weight excluding hydrogens is 328 g/mol. The summed E-state index contributed by atoms with van der Waals surface area (Å²) in [6.45, 7) is 0. The topological polar surface area (TPSA) is 80.9 Å². The Labute approximate surface area is 151 Å². The summed E-state index contributed by atoms with van der Waals surface area (Å²) >= 11 is 0. The van der Waals surface area contributed by atoms with Gasteiger partial charge in [-0.25, -0.2) is 0 Å². The molecule has 4 N–H and O–H groups in total. The Morgan fingerprint density at radius 2 is 0.692 bits per heavy atom. The largest absolute Gasteiger partial charge is 0.504 e. The van der Waals surface area contributed by atoms with Crippen LogP contribution in [0.25, 0.3) is 24.3 Å². The first-order valence-corrected chi connectivity index (χ1v) is 8.01. The molecule has 0 atom stereocenters. The molecule has 0 aliphatic heterocycles. The van der Waals surface area contributed by atoms with Crippen LogP contribution in [0.1, 0.15) is 22.3 Å². The maximum atomic E-state index is 9.50. The molecule has 0 spiro atoms. The summed E-state index contributed by atoms with van der Waals surface area (Å²) in [4.78, 5) is 0. The molecule has 3 rings (SSSR count). The van der Waals surface area contributed by atoms with E-state index in [1.54, 1.807) is 12.1 Å². The van der Waals surface area contributed by atoms with Crippen LogP contribution in [0.3, 0.4) is 0 Å². The van der Waals surface area contributed by atoms with Crippen molar-refractivity contribution in [1.82, 2.24) is 0 Å². The van der Waals surface area contributed by atoms with Gasteiger partial charge < -0.3 is 20.4 Å². The highest BCUT2D eigenvalue weighted by molar-refractivity contribution is 5.74. The van der Waals surface area contributed by atoms with Crippen molar-refractivity contribution in [2.45, 2.75) is 0 Å². The highest BCUT2D eigenvalue weighted by Crippen LogP contribution is 2.26. The van der Waals surface area contributed by atoms with Crippen molar-refractivity contribution in [3.8, 4) is 23.0 Å². The Bertz CT molecular complexity index is 889. The highest BCUT2D eigenvalue weighted by atomic mass is 16.3. The molecular formula is C22H18O4. The van der Waals surface area contributed by atoms with E-state index in [0.717, 1.165) is 22.3 Å². The summed E-state index contributed by atoms with van der Waals surface area (Å²) in [5, 5.41) is 37.6. The lowest BCUT2D eigenvalue weighted by Gasteiger charge is -2.00. The fourth-order valence-corrected chi connectivity index (χ4v) is 2.39. The third-order valence-corrected chi connectivity index (χ3v) is 3.87. The SMILES string of the molecule is Oc1ccc(C=Cc2ccc(C=Cc3ccc(O)c(O)c3)cc2)cc1O. The average molecular weight is 346 g/mol. The van der Waals surface area contributed by atoms with E-state index in [1.807, 2.05) is 48.6 Å². The van der Waals surface area contributed by atoms with Gasteiger partial charge in [-0.05, 0) is 46.5 Å². The van der Waals surface area contributed by atoms with Crippen LogP contribution < -0.4 is 0 Å². The van der Waals surface area contributed by atoms with Gasteiger partial charge in [0.25, 0.3) is 0 Å². The molecule has 3 aromatic rings. The van der Waals surface area contributed by atoms with Gasteiger partial charge in [-0.2, -0.15) is 0 Å². The number of hydrogen-bond acceptors (Lipinski definition) is 4. The molecule has 4 heteroatoms. The number of aromatic hydroxyl groups is 4. The first-order chi connectivity index (χ1) is 12.5. The maximum absolute atomic E-state index is 9.50. The molecule has 0 aliphatic rings. The third-order valence-electron chi connectivity index (χ3n) is 3.87. The van der Waals surface area contributed by atoms with Gasteiger partial charge in [0.05, 0.1) is 0 Å². The quantitative estimate of drug-likeness (QED) is 0.402. The van der Waals surface area contributed by atoms with E-state index in [2.05, 4.69) is 0 Å². The number of benzene rings is 3. The van der Waals surface area contributed by atoms with Crippen molar-refractivity contribution in [1.29, 1.82) is 0 Å². The number of rotatable bonds is 4. The second-order valence-corrected chi connectivity index (χ2v) is 5.83. The van der Waals surface area contributed by atoms with Crippen LogP contribution in [-0.2, 0) is 0 Å². The van der Waals surface area contributed by atoms with Crippen LogP contribution in [0, 0.1) is 0 Å². The van der Waals surface area contributed by atoms with E-state index in [-0.39, 0.29) is 23.0 Å². The van der Waals surface area contributed by atoms with Crippen molar-refractivity contribution < 1.29 is 20.4 Å². The van der Waals surface area contributed by atoms with Crippen molar-refractivity contribution in [2.75, 3.05) is 0 Å². The van der Waals surface area contributed by atoms with E-state index < -0.39 is 0 Å². The molecule has 0 saturated heterocycles. The second kappa shape index (κ2) is 7.49. The fraction of sp³-hybridized carbons (Fsp3) is 0. The Balaban J connectivity index is 1.69. The van der Waals surface area contributed by atoms with E-state index in [9.17, 15) is 20.4 Å². The van der Waals surface area contributed by atoms with Crippen LogP contribution in [0.2, 0.25) is 0 Å². The van der Waals surface area contributed by atoms with Gasteiger partial charge in [-0.3, -0.25) is 0 Å². The minimum atomic E-state index is -0.145. The average Bonchev–Trinajstić information content (AvgIpc) is 2.64. The molecule has 0 aromatic heterocycles. The second-order valence-electron chi connectivity index (χ2n) is 5.83. The Hall–Kier alpha value is -3.66. The Kier molecular flexibility index (Phi) is 4.94. The number of phenolic OH excluding ortho intramolecular Hbond substituents is 4. The first-order valence-electron chi connectivity index (χ1n) is 8.01. The Morgan fingerprint density at radius 1 is 0.385 bits per heavy atom. The minimum Gasteiger partial charge on any atom is -0.504 e. The molecule has 0 aliphatic carbocycles. The predicted octanol–water partition coefficient (Wildman–Crippen LogP) is 4.85. The van der Waals surface area contributed by atoms with Gasteiger partial charge in [-0.1, -0.05) is 60.7 Å². The molecule has 130 valence electrons. The normalized spacial score (nSPS) is 11.4. The lowest BCUT2D eigenvalue weighted by atomic mass is 10.1.